The van der Waals surface area contributed by atoms with Crippen molar-refractivity contribution >= 4 is 0 Å². The summed E-state index contributed by atoms with van der Waals surface area (Å²) in [5.41, 5.74) is 1.80. The van der Waals surface area contributed by atoms with Crippen LogP contribution in [0.15, 0.2) is 36.4 Å². The van der Waals surface area contributed by atoms with Crippen LogP contribution in [-0.4, -0.2) is 56.1 Å². The minimum absolute atomic E-state index is 0.0896. The Balaban J connectivity index is 1.28. The third-order valence-corrected chi connectivity index (χ3v) is 5.93. The number of aliphatic hydroxyl groups is 3. The van der Waals surface area contributed by atoms with Crippen molar-refractivity contribution in [2.45, 2.75) is 69.0 Å². The highest BCUT2D eigenvalue weighted by atomic mass is 16.5. The van der Waals surface area contributed by atoms with Crippen molar-refractivity contribution in [2.24, 2.45) is 0 Å². The molecule has 2 aliphatic rings. The van der Waals surface area contributed by atoms with E-state index in [4.69, 9.17) is 9.47 Å². The predicted octanol–water partition coefficient (Wildman–Crippen LogP) is 2.05. The number of phenolic OH excluding ortho intramolecular Hbond substituents is 2. The Kier molecular flexibility index (Phi) is 6.04. The van der Waals surface area contributed by atoms with Gasteiger partial charge in [0.25, 0.3) is 0 Å². The summed E-state index contributed by atoms with van der Waals surface area (Å²) in [6, 6.07) is 9.77. The fourth-order valence-corrected chi connectivity index (χ4v) is 4.29. The Hall–Kier alpha value is -2.48. The maximum absolute atomic E-state index is 10.5. The van der Waals surface area contributed by atoms with Crippen LogP contribution < -0.4 is 9.47 Å². The third-order valence-electron chi connectivity index (χ3n) is 5.93. The molecule has 0 aliphatic carbocycles. The van der Waals surface area contributed by atoms with Crippen molar-refractivity contribution in [1.29, 1.82) is 0 Å². The number of aromatic hydroxyl groups is 2. The molecule has 2 aliphatic heterocycles. The first-order chi connectivity index (χ1) is 14.4. The number of ether oxygens (including phenoxy) is 2. The first-order valence-corrected chi connectivity index (χ1v) is 10.4. The first-order valence-electron chi connectivity index (χ1n) is 10.4. The second-order valence-electron chi connectivity index (χ2n) is 8.23. The van der Waals surface area contributed by atoms with Gasteiger partial charge in [-0.25, -0.2) is 0 Å². The lowest BCUT2D eigenvalue weighted by Crippen LogP contribution is -2.40. The van der Waals surface area contributed by atoms with Crippen LogP contribution in [0.3, 0.4) is 0 Å². The van der Waals surface area contributed by atoms with Gasteiger partial charge in [-0.1, -0.05) is 0 Å². The SMILES string of the molecule is Oc1ccc2c(c1)CC[C@@H]([C@@H](O)CC(O)C[C@H](O)[C@H]1CCc3cc(O)ccc3O1)O2. The highest BCUT2D eigenvalue weighted by molar-refractivity contribution is 5.42. The summed E-state index contributed by atoms with van der Waals surface area (Å²) >= 11 is 0. The number of hydrogen-bond donors (Lipinski definition) is 5. The average Bonchev–Trinajstić information content (AvgIpc) is 2.72. The monoisotopic (exact) mass is 416 g/mol. The molecule has 30 heavy (non-hydrogen) atoms. The third kappa shape index (κ3) is 4.64. The fraction of sp³-hybridized carbons (Fsp3) is 0.478. The standard InChI is InChI=1S/C23H28O7/c24-15-3-7-20-13(9-15)1-5-22(29-20)18(27)11-17(26)12-19(28)23-6-2-14-10-16(25)4-8-21(14)30-23/h3-4,7-10,17-19,22-28H,1-2,5-6,11-12H2/t17?,18-,19-,22-,23+/m0/s1. The van der Waals surface area contributed by atoms with Crippen LogP contribution in [0.25, 0.3) is 0 Å². The molecule has 7 heteroatoms. The van der Waals surface area contributed by atoms with E-state index >= 15 is 0 Å². The molecule has 7 nitrogen and oxygen atoms in total. The smallest absolute Gasteiger partial charge is 0.125 e. The zero-order valence-electron chi connectivity index (χ0n) is 16.6. The van der Waals surface area contributed by atoms with Gasteiger partial charge in [0.05, 0.1) is 18.3 Å². The van der Waals surface area contributed by atoms with Gasteiger partial charge < -0.3 is 35.0 Å². The Bertz CT molecular complexity index is 812. The van der Waals surface area contributed by atoms with E-state index in [-0.39, 0.29) is 24.3 Å². The van der Waals surface area contributed by atoms with Crippen molar-refractivity contribution in [1.82, 2.24) is 0 Å². The Morgan fingerprint density at radius 3 is 1.60 bits per heavy atom. The molecule has 4 rings (SSSR count). The van der Waals surface area contributed by atoms with E-state index in [0.717, 1.165) is 11.1 Å². The number of rotatable bonds is 6. The maximum Gasteiger partial charge on any atom is 0.125 e. The maximum atomic E-state index is 10.5. The number of fused-ring (bicyclic) bond motifs is 2. The van der Waals surface area contributed by atoms with E-state index in [1.165, 1.54) is 0 Å². The lowest BCUT2D eigenvalue weighted by atomic mass is 9.92. The lowest BCUT2D eigenvalue weighted by Gasteiger charge is -2.32. The molecule has 0 aromatic heterocycles. The summed E-state index contributed by atoms with van der Waals surface area (Å²) in [6.07, 6.45) is -0.827. The summed E-state index contributed by atoms with van der Waals surface area (Å²) in [5.74, 6) is 1.64. The van der Waals surface area contributed by atoms with E-state index < -0.39 is 30.5 Å². The van der Waals surface area contributed by atoms with Gasteiger partial charge >= 0.3 is 0 Å². The van der Waals surface area contributed by atoms with Gasteiger partial charge in [-0.15, -0.1) is 0 Å². The largest absolute Gasteiger partial charge is 0.508 e. The number of aryl methyl sites for hydroxylation is 2. The molecule has 0 saturated carbocycles. The van der Waals surface area contributed by atoms with E-state index in [1.807, 2.05) is 0 Å². The first kappa shape index (κ1) is 20.8. The van der Waals surface area contributed by atoms with Crippen LogP contribution in [0.2, 0.25) is 0 Å². The van der Waals surface area contributed by atoms with E-state index in [0.29, 0.717) is 37.2 Å². The summed E-state index contributed by atoms with van der Waals surface area (Å²) in [7, 11) is 0. The molecule has 162 valence electrons. The Labute approximate surface area is 175 Å². The molecule has 2 aromatic rings. The van der Waals surface area contributed by atoms with Crippen molar-refractivity contribution < 1.29 is 35.0 Å². The number of hydrogen-bond acceptors (Lipinski definition) is 7. The van der Waals surface area contributed by atoms with Gasteiger partial charge in [0.2, 0.25) is 0 Å². The molecule has 0 radical (unpaired) electrons. The van der Waals surface area contributed by atoms with Gasteiger partial charge in [-0.2, -0.15) is 0 Å². The summed E-state index contributed by atoms with van der Waals surface area (Å²) in [5, 5.41) is 50.6. The highest BCUT2D eigenvalue weighted by Gasteiger charge is 2.32. The van der Waals surface area contributed by atoms with E-state index in [9.17, 15) is 25.5 Å². The van der Waals surface area contributed by atoms with E-state index in [1.54, 1.807) is 36.4 Å². The summed E-state index contributed by atoms with van der Waals surface area (Å²) in [6.45, 7) is 0. The zero-order chi connectivity index (χ0) is 21.3. The zero-order valence-corrected chi connectivity index (χ0v) is 16.6. The predicted molar refractivity (Wildman–Crippen MR) is 109 cm³/mol. The van der Waals surface area contributed by atoms with Gasteiger partial charge in [-0.05, 0) is 73.2 Å². The van der Waals surface area contributed by atoms with Crippen molar-refractivity contribution in [2.75, 3.05) is 0 Å². The van der Waals surface area contributed by atoms with Crippen LogP contribution in [-0.2, 0) is 12.8 Å². The molecule has 0 amide bonds. The van der Waals surface area contributed by atoms with Crippen LogP contribution in [0.1, 0.15) is 36.8 Å². The molecular weight excluding hydrogens is 388 g/mol. The van der Waals surface area contributed by atoms with Crippen LogP contribution in [0.4, 0.5) is 0 Å². The lowest BCUT2D eigenvalue weighted by molar-refractivity contribution is -0.0383. The number of aliphatic hydroxyl groups excluding tert-OH is 3. The minimum Gasteiger partial charge on any atom is -0.508 e. The van der Waals surface area contributed by atoms with Gasteiger partial charge in [0.1, 0.15) is 35.2 Å². The molecule has 0 fully saturated rings. The molecule has 5 atom stereocenters. The van der Waals surface area contributed by atoms with E-state index in [2.05, 4.69) is 0 Å². The quantitative estimate of drug-likeness (QED) is 0.489. The summed E-state index contributed by atoms with van der Waals surface area (Å²) < 4.78 is 11.7. The fourth-order valence-electron chi connectivity index (χ4n) is 4.29. The molecule has 0 spiro atoms. The summed E-state index contributed by atoms with van der Waals surface area (Å²) in [4.78, 5) is 0. The number of benzene rings is 2. The molecule has 0 bridgehead atoms. The second-order valence-corrected chi connectivity index (χ2v) is 8.23. The molecule has 1 unspecified atom stereocenters. The average molecular weight is 416 g/mol. The topological polar surface area (TPSA) is 120 Å². The normalized spacial score (nSPS) is 23.3. The molecule has 0 saturated heterocycles. The van der Waals surface area contributed by atoms with Crippen LogP contribution in [0, 0.1) is 0 Å². The van der Waals surface area contributed by atoms with Crippen molar-refractivity contribution in [3.63, 3.8) is 0 Å². The molecule has 2 heterocycles. The van der Waals surface area contributed by atoms with Crippen molar-refractivity contribution in [3.05, 3.63) is 47.5 Å². The van der Waals surface area contributed by atoms with Crippen LogP contribution >= 0.6 is 0 Å². The minimum atomic E-state index is -0.898. The van der Waals surface area contributed by atoms with Crippen molar-refractivity contribution in [3.8, 4) is 23.0 Å². The van der Waals surface area contributed by atoms with Gasteiger partial charge in [0.15, 0.2) is 0 Å². The Morgan fingerprint density at radius 1 is 0.733 bits per heavy atom. The highest BCUT2D eigenvalue weighted by Crippen LogP contribution is 2.34. The Morgan fingerprint density at radius 2 is 1.17 bits per heavy atom. The van der Waals surface area contributed by atoms with Gasteiger partial charge in [-0.3, -0.25) is 0 Å². The number of phenols is 2. The van der Waals surface area contributed by atoms with Gasteiger partial charge in [0, 0.05) is 12.8 Å². The molecule has 2 aromatic carbocycles. The van der Waals surface area contributed by atoms with Crippen LogP contribution in [0.5, 0.6) is 23.0 Å². The second kappa shape index (κ2) is 8.71. The molecular formula is C23H28O7. The molecule has 5 N–H and O–H groups in total.